The van der Waals surface area contributed by atoms with Crippen LogP contribution in [0.25, 0.3) is 0 Å². The summed E-state index contributed by atoms with van der Waals surface area (Å²) in [5.74, 6) is 0. The first-order valence-corrected chi connectivity index (χ1v) is 8.14. The number of hydrogen-bond acceptors (Lipinski definition) is 3. The fraction of sp³-hybridized carbons (Fsp3) is 0.733. The summed E-state index contributed by atoms with van der Waals surface area (Å²) in [5.41, 5.74) is 0. The fourth-order valence-corrected chi connectivity index (χ4v) is 3.73. The van der Waals surface area contributed by atoms with E-state index in [2.05, 4.69) is 42.0 Å². The van der Waals surface area contributed by atoms with Gasteiger partial charge in [0, 0.05) is 23.0 Å². The molecule has 2 nitrogen and oxygen atoms in total. The summed E-state index contributed by atoms with van der Waals surface area (Å²) in [5, 5.41) is 9.53. The highest BCUT2D eigenvalue weighted by molar-refractivity contribution is 7.09. The first-order valence-electron chi connectivity index (χ1n) is 7.26. The first-order chi connectivity index (χ1) is 8.74. The van der Waals surface area contributed by atoms with E-state index in [0.717, 1.165) is 12.5 Å². The second kappa shape index (κ2) is 7.27. The molecular weight excluding hydrogens is 240 g/mol. The number of thiophene rings is 1. The van der Waals surface area contributed by atoms with Crippen molar-refractivity contribution in [2.75, 3.05) is 6.54 Å². The summed E-state index contributed by atoms with van der Waals surface area (Å²) in [7, 11) is 0. The fourth-order valence-electron chi connectivity index (χ4n) is 2.90. The van der Waals surface area contributed by atoms with Crippen molar-refractivity contribution in [2.45, 2.75) is 64.1 Å². The largest absolute Gasteiger partial charge is 0.314 e. The topological polar surface area (TPSA) is 24.1 Å². The van der Waals surface area contributed by atoms with E-state index in [1.54, 1.807) is 0 Å². The molecule has 0 saturated carbocycles. The van der Waals surface area contributed by atoms with E-state index in [-0.39, 0.29) is 0 Å². The molecule has 1 aromatic rings. The van der Waals surface area contributed by atoms with Gasteiger partial charge in [-0.25, -0.2) is 0 Å². The molecule has 1 saturated heterocycles. The van der Waals surface area contributed by atoms with Crippen molar-refractivity contribution >= 4 is 11.3 Å². The molecule has 3 heteroatoms. The lowest BCUT2D eigenvalue weighted by Gasteiger charge is -2.28. The Labute approximate surface area is 115 Å². The van der Waals surface area contributed by atoms with Gasteiger partial charge in [0.2, 0.25) is 0 Å². The minimum Gasteiger partial charge on any atom is -0.314 e. The smallest absolute Gasteiger partial charge is 0.00895 e. The molecule has 0 radical (unpaired) electrons. The predicted octanol–water partition coefficient (Wildman–Crippen LogP) is 3.19. The summed E-state index contributed by atoms with van der Waals surface area (Å²) in [6.45, 7) is 5.83. The monoisotopic (exact) mass is 266 g/mol. The Bertz CT molecular complexity index is 317. The molecule has 0 spiro atoms. The zero-order valence-corrected chi connectivity index (χ0v) is 12.4. The molecule has 2 N–H and O–H groups in total. The summed E-state index contributed by atoms with van der Waals surface area (Å²) in [6, 6.07) is 6.28. The highest BCUT2D eigenvalue weighted by Gasteiger charge is 2.16. The Morgan fingerprint density at radius 3 is 2.94 bits per heavy atom. The third-order valence-electron chi connectivity index (χ3n) is 3.71. The molecule has 0 aliphatic carbocycles. The SMILES string of the molecule is CC(Cc1cccs1)NC(C)CC1CCCCN1. The van der Waals surface area contributed by atoms with Crippen LogP contribution < -0.4 is 10.6 Å². The van der Waals surface area contributed by atoms with Gasteiger partial charge in [0.1, 0.15) is 0 Å². The molecule has 1 fully saturated rings. The van der Waals surface area contributed by atoms with Crippen LogP contribution in [-0.4, -0.2) is 24.7 Å². The van der Waals surface area contributed by atoms with Crippen molar-refractivity contribution in [3.63, 3.8) is 0 Å². The molecule has 3 atom stereocenters. The van der Waals surface area contributed by atoms with Crippen molar-refractivity contribution in [1.82, 2.24) is 10.6 Å². The second-order valence-corrected chi connectivity index (χ2v) is 6.67. The van der Waals surface area contributed by atoms with Crippen LogP contribution in [0.5, 0.6) is 0 Å². The van der Waals surface area contributed by atoms with Crippen molar-refractivity contribution in [2.24, 2.45) is 0 Å². The van der Waals surface area contributed by atoms with Gasteiger partial charge in [-0.2, -0.15) is 0 Å². The maximum absolute atomic E-state index is 3.73. The number of rotatable bonds is 6. The molecule has 1 aliphatic heterocycles. The maximum atomic E-state index is 3.73. The molecule has 1 aliphatic rings. The lowest BCUT2D eigenvalue weighted by atomic mass is 9.98. The Morgan fingerprint density at radius 2 is 2.28 bits per heavy atom. The minimum absolute atomic E-state index is 0.572. The molecule has 3 unspecified atom stereocenters. The summed E-state index contributed by atoms with van der Waals surface area (Å²) in [4.78, 5) is 1.48. The zero-order valence-electron chi connectivity index (χ0n) is 11.6. The van der Waals surface area contributed by atoms with E-state index in [1.165, 1.54) is 37.1 Å². The Balaban J connectivity index is 1.67. The van der Waals surface area contributed by atoms with E-state index < -0.39 is 0 Å². The first kappa shape index (κ1) is 14.0. The van der Waals surface area contributed by atoms with Crippen LogP contribution >= 0.6 is 11.3 Å². The average Bonchev–Trinajstić information content (AvgIpc) is 2.82. The van der Waals surface area contributed by atoms with Crippen LogP contribution in [0, 0.1) is 0 Å². The summed E-state index contributed by atoms with van der Waals surface area (Å²) >= 11 is 1.86. The molecule has 1 aromatic heterocycles. The van der Waals surface area contributed by atoms with E-state index >= 15 is 0 Å². The lowest BCUT2D eigenvalue weighted by Crippen LogP contribution is -2.42. The molecule has 2 rings (SSSR count). The van der Waals surface area contributed by atoms with Crippen LogP contribution in [0.3, 0.4) is 0 Å². The third kappa shape index (κ3) is 4.71. The van der Waals surface area contributed by atoms with Crippen LogP contribution in [0.2, 0.25) is 0 Å². The molecule has 2 heterocycles. The maximum Gasteiger partial charge on any atom is 0.00895 e. The van der Waals surface area contributed by atoms with E-state index in [9.17, 15) is 0 Å². The molecule has 0 bridgehead atoms. The van der Waals surface area contributed by atoms with Gasteiger partial charge in [-0.05, 0) is 57.5 Å². The van der Waals surface area contributed by atoms with Gasteiger partial charge >= 0.3 is 0 Å². The van der Waals surface area contributed by atoms with Gasteiger partial charge in [0.15, 0.2) is 0 Å². The Hall–Kier alpha value is -0.380. The van der Waals surface area contributed by atoms with E-state index in [4.69, 9.17) is 0 Å². The van der Waals surface area contributed by atoms with Crippen molar-refractivity contribution in [1.29, 1.82) is 0 Å². The standard InChI is InChI=1S/C15H26N2S/c1-12(10-14-6-3-4-8-16-14)17-13(2)11-15-7-5-9-18-15/h5,7,9,12-14,16-17H,3-4,6,8,10-11H2,1-2H3. The molecule has 102 valence electrons. The van der Waals surface area contributed by atoms with Crippen LogP contribution in [0.1, 0.15) is 44.4 Å². The molecule has 0 aromatic carbocycles. The summed E-state index contributed by atoms with van der Waals surface area (Å²) < 4.78 is 0. The van der Waals surface area contributed by atoms with E-state index in [1.807, 2.05) is 11.3 Å². The molecule has 18 heavy (non-hydrogen) atoms. The third-order valence-corrected chi connectivity index (χ3v) is 4.61. The second-order valence-electron chi connectivity index (χ2n) is 5.63. The lowest BCUT2D eigenvalue weighted by molar-refractivity contribution is 0.332. The van der Waals surface area contributed by atoms with Gasteiger partial charge in [-0.1, -0.05) is 12.5 Å². The van der Waals surface area contributed by atoms with Gasteiger partial charge in [-0.3, -0.25) is 0 Å². The highest BCUT2D eigenvalue weighted by Crippen LogP contribution is 2.14. The van der Waals surface area contributed by atoms with E-state index in [0.29, 0.717) is 12.1 Å². The Morgan fingerprint density at radius 1 is 1.39 bits per heavy atom. The number of nitrogens with one attached hydrogen (secondary N) is 2. The zero-order chi connectivity index (χ0) is 12.8. The van der Waals surface area contributed by atoms with Crippen LogP contribution in [-0.2, 0) is 6.42 Å². The van der Waals surface area contributed by atoms with Crippen LogP contribution in [0.4, 0.5) is 0 Å². The molecular formula is C15H26N2S. The Kier molecular flexibility index (Phi) is 5.67. The van der Waals surface area contributed by atoms with Gasteiger partial charge < -0.3 is 10.6 Å². The average molecular weight is 266 g/mol. The van der Waals surface area contributed by atoms with Crippen LogP contribution in [0.15, 0.2) is 17.5 Å². The van der Waals surface area contributed by atoms with Crippen molar-refractivity contribution in [3.8, 4) is 0 Å². The number of hydrogen-bond donors (Lipinski definition) is 2. The van der Waals surface area contributed by atoms with Gasteiger partial charge in [0.25, 0.3) is 0 Å². The van der Waals surface area contributed by atoms with Crippen molar-refractivity contribution in [3.05, 3.63) is 22.4 Å². The number of piperidine rings is 1. The van der Waals surface area contributed by atoms with Gasteiger partial charge in [0.05, 0.1) is 0 Å². The highest BCUT2D eigenvalue weighted by atomic mass is 32.1. The quantitative estimate of drug-likeness (QED) is 0.826. The van der Waals surface area contributed by atoms with Gasteiger partial charge in [-0.15, -0.1) is 11.3 Å². The predicted molar refractivity (Wildman–Crippen MR) is 80.3 cm³/mol. The minimum atomic E-state index is 0.572. The van der Waals surface area contributed by atoms with Crippen molar-refractivity contribution < 1.29 is 0 Å². The molecule has 0 amide bonds. The normalized spacial score (nSPS) is 23.8. The summed E-state index contributed by atoms with van der Waals surface area (Å²) in [6.07, 6.45) is 6.52.